The van der Waals surface area contributed by atoms with Gasteiger partial charge in [-0.15, -0.1) is 0 Å². The maximum absolute atomic E-state index is 11.4. The largest absolute Gasteiger partial charge is 0.468 e. The molecule has 0 bridgehead atoms. The second-order valence-electron chi connectivity index (χ2n) is 3.99. The van der Waals surface area contributed by atoms with E-state index in [1.807, 2.05) is 19.2 Å². The smallest absolute Gasteiger partial charge is 0.323 e. The number of primary amides is 1. The van der Waals surface area contributed by atoms with Gasteiger partial charge in [-0.25, -0.2) is 4.79 Å². The Labute approximate surface area is 100 Å². The number of amides is 3. The van der Waals surface area contributed by atoms with Gasteiger partial charge in [0, 0.05) is 0 Å². The molecule has 0 aromatic rings. The normalized spacial score (nSPS) is 13.9. The highest BCUT2D eigenvalue weighted by Gasteiger charge is 2.27. The molecule has 4 N–H and O–H groups in total. The Morgan fingerprint density at radius 2 is 1.71 bits per heavy atom. The van der Waals surface area contributed by atoms with E-state index in [2.05, 4.69) is 10.1 Å². The summed E-state index contributed by atoms with van der Waals surface area (Å²) in [7, 11) is 1.27. The van der Waals surface area contributed by atoms with Gasteiger partial charge in [0.05, 0.1) is 13.2 Å². The Balaban J connectivity index is 4.50. The summed E-state index contributed by atoms with van der Waals surface area (Å²) in [6.45, 7) is 5.15. The van der Waals surface area contributed by atoms with Crippen molar-refractivity contribution >= 4 is 17.9 Å². The Morgan fingerprint density at radius 1 is 1.18 bits per heavy atom. The number of esters is 1. The number of methoxy groups -OCH3 is 1. The molecule has 0 rings (SSSR count). The van der Waals surface area contributed by atoms with E-state index in [0.717, 1.165) is 0 Å². The quantitative estimate of drug-likeness (QED) is 0.558. The third-order valence-corrected chi connectivity index (χ3v) is 2.19. The molecular weight excluding hydrogens is 226 g/mol. The molecule has 0 saturated heterocycles. The first-order chi connectivity index (χ1) is 7.79. The first-order valence-electron chi connectivity index (χ1n) is 5.23. The fourth-order valence-corrected chi connectivity index (χ4v) is 1.23. The number of rotatable bonds is 5. The highest BCUT2D eigenvalue weighted by molar-refractivity contribution is 5.96. The lowest BCUT2D eigenvalue weighted by Crippen LogP contribution is -2.53. The molecule has 7 nitrogen and oxygen atoms in total. The predicted molar refractivity (Wildman–Crippen MR) is 61.0 cm³/mol. The third-order valence-electron chi connectivity index (χ3n) is 2.19. The SMILES string of the molecule is COC(=O)C(NC(C)C(=O)NC(N)=O)C(C)C. The van der Waals surface area contributed by atoms with Gasteiger partial charge in [-0.2, -0.15) is 0 Å². The summed E-state index contributed by atoms with van der Waals surface area (Å²) in [4.78, 5) is 33.3. The van der Waals surface area contributed by atoms with Crippen molar-refractivity contribution in [3.05, 3.63) is 0 Å². The van der Waals surface area contributed by atoms with E-state index in [0.29, 0.717) is 0 Å². The molecule has 3 amide bonds. The fraction of sp³-hybridized carbons (Fsp3) is 0.700. The number of ether oxygens (including phenoxy) is 1. The summed E-state index contributed by atoms with van der Waals surface area (Å²) >= 11 is 0. The minimum Gasteiger partial charge on any atom is -0.468 e. The van der Waals surface area contributed by atoms with Crippen molar-refractivity contribution < 1.29 is 19.1 Å². The molecule has 17 heavy (non-hydrogen) atoms. The Kier molecular flexibility index (Phi) is 6.19. The van der Waals surface area contributed by atoms with Crippen LogP contribution in [0.15, 0.2) is 0 Å². The predicted octanol–water partition coefficient (Wildman–Crippen LogP) is -0.643. The second-order valence-corrected chi connectivity index (χ2v) is 3.99. The Morgan fingerprint density at radius 3 is 2.06 bits per heavy atom. The zero-order valence-electron chi connectivity index (χ0n) is 10.4. The van der Waals surface area contributed by atoms with Gasteiger partial charge in [0.15, 0.2) is 0 Å². The van der Waals surface area contributed by atoms with Crippen molar-refractivity contribution in [2.75, 3.05) is 7.11 Å². The van der Waals surface area contributed by atoms with Crippen LogP contribution < -0.4 is 16.4 Å². The van der Waals surface area contributed by atoms with Gasteiger partial charge in [0.2, 0.25) is 5.91 Å². The van der Waals surface area contributed by atoms with E-state index >= 15 is 0 Å². The molecule has 0 aliphatic rings. The molecule has 0 aromatic heterocycles. The highest BCUT2D eigenvalue weighted by atomic mass is 16.5. The van der Waals surface area contributed by atoms with E-state index in [1.165, 1.54) is 14.0 Å². The Hall–Kier alpha value is -1.63. The number of imide groups is 1. The lowest BCUT2D eigenvalue weighted by molar-refractivity contribution is -0.144. The lowest BCUT2D eigenvalue weighted by atomic mass is 10.0. The number of nitrogens with one attached hydrogen (secondary N) is 2. The molecule has 2 atom stereocenters. The van der Waals surface area contributed by atoms with Crippen molar-refractivity contribution in [2.24, 2.45) is 11.7 Å². The summed E-state index contributed by atoms with van der Waals surface area (Å²) in [5.74, 6) is -1.10. The second kappa shape index (κ2) is 6.85. The lowest BCUT2D eigenvalue weighted by Gasteiger charge is -2.23. The van der Waals surface area contributed by atoms with E-state index in [4.69, 9.17) is 5.73 Å². The maximum atomic E-state index is 11.4. The number of urea groups is 1. The molecule has 0 aromatic carbocycles. The van der Waals surface area contributed by atoms with Crippen LogP contribution in [0.4, 0.5) is 4.79 Å². The number of carbonyl (C=O) groups is 3. The van der Waals surface area contributed by atoms with Gasteiger partial charge in [0.25, 0.3) is 0 Å². The molecular formula is C10H19N3O4. The standard InChI is InChI=1S/C10H19N3O4/c1-5(2)7(9(15)17-4)12-6(3)8(14)13-10(11)16/h5-7,12H,1-4H3,(H3,11,13,14,16). The highest BCUT2D eigenvalue weighted by Crippen LogP contribution is 2.04. The number of carbonyl (C=O) groups excluding carboxylic acids is 3. The van der Waals surface area contributed by atoms with Crippen molar-refractivity contribution in [3.8, 4) is 0 Å². The summed E-state index contributed by atoms with van der Waals surface area (Å²) < 4.78 is 4.61. The molecule has 0 aliphatic heterocycles. The van der Waals surface area contributed by atoms with E-state index in [1.54, 1.807) is 0 Å². The van der Waals surface area contributed by atoms with Crippen LogP contribution in [0.2, 0.25) is 0 Å². The first-order valence-corrected chi connectivity index (χ1v) is 5.23. The van der Waals surface area contributed by atoms with Crippen molar-refractivity contribution in [2.45, 2.75) is 32.9 Å². The van der Waals surface area contributed by atoms with Crippen LogP contribution in [0, 0.1) is 5.92 Å². The summed E-state index contributed by atoms with van der Waals surface area (Å²) in [6, 6.07) is -2.27. The molecule has 98 valence electrons. The molecule has 0 fully saturated rings. The van der Waals surface area contributed by atoms with Gasteiger partial charge in [-0.05, 0) is 12.8 Å². The molecule has 0 spiro atoms. The number of nitrogens with two attached hydrogens (primary N) is 1. The van der Waals surface area contributed by atoms with Crippen LogP contribution in [-0.4, -0.2) is 37.1 Å². The summed E-state index contributed by atoms with van der Waals surface area (Å²) in [6.07, 6.45) is 0. The van der Waals surface area contributed by atoms with Crippen LogP contribution in [-0.2, 0) is 14.3 Å². The maximum Gasteiger partial charge on any atom is 0.323 e. The minimum atomic E-state index is -0.928. The van der Waals surface area contributed by atoms with Crippen LogP contribution >= 0.6 is 0 Å². The average molecular weight is 245 g/mol. The summed E-state index contributed by atoms with van der Waals surface area (Å²) in [5, 5.41) is 4.71. The van der Waals surface area contributed by atoms with Crippen molar-refractivity contribution in [1.29, 1.82) is 0 Å². The number of hydrogen-bond donors (Lipinski definition) is 3. The van der Waals surface area contributed by atoms with Crippen LogP contribution in [0.5, 0.6) is 0 Å². The zero-order chi connectivity index (χ0) is 13.6. The fourth-order valence-electron chi connectivity index (χ4n) is 1.23. The van der Waals surface area contributed by atoms with Gasteiger partial charge < -0.3 is 10.5 Å². The summed E-state index contributed by atoms with van der Waals surface area (Å²) in [5.41, 5.74) is 4.82. The number of hydrogen-bond acceptors (Lipinski definition) is 5. The van der Waals surface area contributed by atoms with E-state index in [9.17, 15) is 14.4 Å². The molecule has 0 saturated carbocycles. The minimum absolute atomic E-state index is 0.0497. The van der Waals surface area contributed by atoms with Gasteiger partial charge in [-0.3, -0.25) is 20.2 Å². The molecule has 2 unspecified atom stereocenters. The monoisotopic (exact) mass is 245 g/mol. The van der Waals surface area contributed by atoms with Crippen LogP contribution in [0.3, 0.4) is 0 Å². The van der Waals surface area contributed by atoms with Crippen molar-refractivity contribution in [3.63, 3.8) is 0 Å². The van der Waals surface area contributed by atoms with E-state index in [-0.39, 0.29) is 5.92 Å². The van der Waals surface area contributed by atoms with Crippen LogP contribution in [0.1, 0.15) is 20.8 Å². The molecule has 0 aliphatic carbocycles. The van der Waals surface area contributed by atoms with E-state index < -0.39 is 30.0 Å². The first kappa shape index (κ1) is 15.4. The average Bonchev–Trinajstić information content (AvgIpc) is 2.22. The zero-order valence-corrected chi connectivity index (χ0v) is 10.4. The molecule has 0 heterocycles. The van der Waals surface area contributed by atoms with Crippen LogP contribution in [0.25, 0.3) is 0 Å². The van der Waals surface area contributed by atoms with Gasteiger partial charge in [-0.1, -0.05) is 13.8 Å². The Bertz CT molecular complexity index is 304. The van der Waals surface area contributed by atoms with Crippen molar-refractivity contribution in [1.82, 2.24) is 10.6 Å². The molecule has 0 radical (unpaired) electrons. The topological polar surface area (TPSA) is 111 Å². The van der Waals surface area contributed by atoms with Gasteiger partial charge >= 0.3 is 12.0 Å². The third kappa shape index (κ3) is 5.30. The molecule has 7 heteroatoms. The van der Waals surface area contributed by atoms with Gasteiger partial charge in [0.1, 0.15) is 6.04 Å².